The Morgan fingerprint density at radius 3 is 2.27 bits per heavy atom. The molecule has 0 saturated carbocycles. The highest BCUT2D eigenvalue weighted by molar-refractivity contribution is 6.30. The van der Waals surface area contributed by atoms with E-state index in [2.05, 4.69) is 0 Å². The SMILES string of the molecule is CC(C)c1c(C(=O)N(CCCO)c2ccc(Cl)cc2)nc(-c2ccc(F)cc2)n1CC[C@@H](O)C[C@@H](O)CC(=O)O. The van der Waals surface area contributed by atoms with Gasteiger partial charge in [-0.1, -0.05) is 25.4 Å². The van der Waals surface area contributed by atoms with E-state index in [1.807, 2.05) is 18.4 Å². The number of carboxylic acid groups (broad SMARTS) is 1. The maximum absolute atomic E-state index is 14.0. The molecule has 0 radical (unpaired) electrons. The van der Waals surface area contributed by atoms with Crippen molar-refractivity contribution < 1.29 is 34.4 Å². The third kappa shape index (κ3) is 8.11. The number of halogens is 2. The predicted octanol–water partition coefficient (Wildman–Crippen LogP) is 4.47. The first kappa shape index (κ1) is 31.2. The number of hydrogen-bond donors (Lipinski definition) is 4. The van der Waals surface area contributed by atoms with Gasteiger partial charge in [0.2, 0.25) is 0 Å². The molecule has 0 aliphatic carbocycles. The van der Waals surface area contributed by atoms with Crippen molar-refractivity contribution in [2.24, 2.45) is 0 Å². The van der Waals surface area contributed by atoms with Crippen LogP contribution in [0.3, 0.4) is 0 Å². The number of imidazole rings is 1. The van der Waals surface area contributed by atoms with Crippen LogP contribution in [-0.2, 0) is 11.3 Å². The van der Waals surface area contributed by atoms with Gasteiger partial charge in [-0.15, -0.1) is 0 Å². The van der Waals surface area contributed by atoms with Crippen LogP contribution in [0.5, 0.6) is 0 Å². The van der Waals surface area contributed by atoms with Crippen molar-refractivity contribution in [1.82, 2.24) is 9.55 Å². The van der Waals surface area contributed by atoms with Gasteiger partial charge in [-0.05, 0) is 73.7 Å². The van der Waals surface area contributed by atoms with Crippen LogP contribution < -0.4 is 4.90 Å². The second-order valence-corrected chi connectivity index (χ2v) is 10.4. The van der Waals surface area contributed by atoms with Crippen molar-refractivity contribution in [3.8, 4) is 11.4 Å². The average molecular weight is 576 g/mol. The second-order valence-electron chi connectivity index (χ2n) is 9.92. The number of aromatic nitrogens is 2. The highest BCUT2D eigenvalue weighted by Crippen LogP contribution is 2.31. The van der Waals surface area contributed by atoms with Crippen LogP contribution in [0.2, 0.25) is 5.02 Å². The normalized spacial score (nSPS) is 12.9. The molecule has 0 unspecified atom stereocenters. The molecule has 2 aromatic carbocycles. The number of hydrogen-bond acceptors (Lipinski definition) is 6. The summed E-state index contributed by atoms with van der Waals surface area (Å²) in [6.45, 7) is 4.14. The van der Waals surface area contributed by atoms with Crippen LogP contribution in [0, 0.1) is 5.82 Å². The van der Waals surface area contributed by atoms with Gasteiger partial charge in [-0.25, -0.2) is 9.37 Å². The van der Waals surface area contributed by atoms with E-state index in [1.165, 1.54) is 17.0 Å². The largest absolute Gasteiger partial charge is 0.481 e. The molecule has 0 fully saturated rings. The first-order chi connectivity index (χ1) is 19.0. The maximum atomic E-state index is 14.0. The van der Waals surface area contributed by atoms with Crippen LogP contribution in [0.4, 0.5) is 10.1 Å². The minimum absolute atomic E-state index is 0.116. The predicted molar refractivity (Wildman–Crippen MR) is 150 cm³/mol. The van der Waals surface area contributed by atoms with E-state index < -0.39 is 30.4 Å². The number of aliphatic carboxylic acids is 1. The third-order valence-corrected chi connectivity index (χ3v) is 6.67. The summed E-state index contributed by atoms with van der Waals surface area (Å²) in [6, 6.07) is 12.5. The fraction of sp³-hybridized carbons (Fsp3) is 0.414. The Kier molecular flexibility index (Phi) is 11.2. The lowest BCUT2D eigenvalue weighted by atomic mass is 10.0. The van der Waals surface area contributed by atoms with Crippen LogP contribution in [0.15, 0.2) is 48.5 Å². The van der Waals surface area contributed by atoms with E-state index >= 15 is 0 Å². The van der Waals surface area contributed by atoms with Gasteiger partial charge in [0.1, 0.15) is 11.6 Å². The lowest BCUT2D eigenvalue weighted by Gasteiger charge is -2.23. The maximum Gasteiger partial charge on any atom is 0.305 e. The number of carbonyl (C=O) groups is 2. The summed E-state index contributed by atoms with van der Waals surface area (Å²) < 4.78 is 15.5. The molecule has 40 heavy (non-hydrogen) atoms. The van der Waals surface area contributed by atoms with Gasteiger partial charge in [0, 0.05) is 36.0 Å². The number of carbonyl (C=O) groups excluding carboxylic acids is 1. The van der Waals surface area contributed by atoms with Crippen molar-refractivity contribution in [2.75, 3.05) is 18.1 Å². The summed E-state index contributed by atoms with van der Waals surface area (Å²) in [5, 5.41) is 39.4. The Hall–Kier alpha value is -3.31. The van der Waals surface area contributed by atoms with Crippen LogP contribution >= 0.6 is 11.6 Å². The number of anilines is 1. The zero-order chi connectivity index (χ0) is 29.4. The molecule has 3 aromatic rings. The van der Waals surface area contributed by atoms with Crippen LogP contribution in [-0.4, -0.2) is 67.2 Å². The monoisotopic (exact) mass is 575 g/mol. The molecule has 3 rings (SSSR count). The number of carboxylic acids is 1. The molecule has 0 bridgehead atoms. The molecule has 4 N–H and O–H groups in total. The highest BCUT2D eigenvalue weighted by atomic mass is 35.5. The van der Waals surface area contributed by atoms with Gasteiger partial charge in [-0.3, -0.25) is 9.59 Å². The zero-order valence-corrected chi connectivity index (χ0v) is 23.3. The molecule has 11 heteroatoms. The van der Waals surface area contributed by atoms with E-state index in [0.29, 0.717) is 34.2 Å². The van der Waals surface area contributed by atoms with Gasteiger partial charge >= 0.3 is 5.97 Å². The molecule has 0 saturated heterocycles. The van der Waals surface area contributed by atoms with Gasteiger partial charge in [0.15, 0.2) is 5.69 Å². The smallest absolute Gasteiger partial charge is 0.305 e. The number of rotatable bonds is 14. The first-order valence-electron chi connectivity index (χ1n) is 13.1. The van der Waals surface area contributed by atoms with Gasteiger partial charge in [0.05, 0.1) is 24.3 Å². The fourth-order valence-corrected chi connectivity index (χ4v) is 4.70. The Morgan fingerprint density at radius 1 is 1.05 bits per heavy atom. The summed E-state index contributed by atoms with van der Waals surface area (Å²) in [7, 11) is 0. The van der Waals surface area contributed by atoms with E-state index in [9.17, 15) is 29.3 Å². The number of aliphatic hydroxyl groups is 3. The minimum Gasteiger partial charge on any atom is -0.481 e. The van der Waals surface area contributed by atoms with E-state index in [1.54, 1.807) is 36.4 Å². The van der Waals surface area contributed by atoms with E-state index in [4.69, 9.17) is 21.7 Å². The van der Waals surface area contributed by atoms with E-state index in [-0.39, 0.29) is 50.1 Å². The summed E-state index contributed by atoms with van der Waals surface area (Å²) in [4.78, 5) is 31.2. The molecule has 1 amide bonds. The first-order valence-corrected chi connectivity index (χ1v) is 13.5. The molecule has 9 nitrogen and oxygen atoms in total. The van der Waals surface area contributed by atoms with Crippen LogP contribution in [0.1, 0.15) is 61.6 Å². The highest BCUT2D eigenvalue weighted by Gasteiger charge is 2.29. The molecule has 1 aromatic heterocycles. The quantitative estimate of drug-likeness (QED) is 0.223. The van der Waals surface area contributed by atoms with Gasteiger partial charge < -0.3 is 29.9 Å². The third-order valence-electron chi connectivity index (χ3n) is 6.42. The number of aliphatic hydroxyl groups excluding tert-OH is 3. The molecular formula is C29H35ClFN3O6. The number of amides is 1. The summed E-state index contributed by atoms with van der Waals surface area (Å²) in [6.07, 6.45) is -2.32. The summed E-state index contributed by atoms with van der Waals surface area (Å²) in [5.74, 6) is -1.75. The van der Waals surface area contributed by atoms with Gasteiger partial charge in [0.25, 0.3) is 5.91 Å². The van der Waals surface area contributed by atoms with Crippen LogP contribution in [0.25, 0.3) is 11.4 Å². The Labute approximate surface area is 237 Å². The van der Waals surface area contributed by atoms with Crippen molar-refractivity contribution in [2.45, 2.75) is 64.2 Å². The number of benzene rings is 2. The van der Waals surface area contributed by atoms with E-state index in [0.717, 1.165) is 0 Å². The molecule has 0 aliphatic rings. The minimum atomic E-state index is -1.20. The Balaban J connectivity index is 2.05. The average Bonchev–Trinajstić information content (AvgIpc) is 3.28. The molecular weight excluding hydrogens is 541 g/mol. The fourth-order valence-electron chi connectivity index (χ4n) is 4.57. The second kappa shape index (κ2) is 14.4. The number of nitrogens with zero attached hydrogens (tertiary/aromatic N) is 3. The van der Waals surface area contributed by atoms with Crippen molar-refractivity contribution in [1.29, 1.82) is 0 Å². The van der Waals surface area contributed by atoms with Gasteiger partial charge in [-0.2, -0.15) is 0 Å². The standard InChI is InChI=1S/C29H35ClFN3O6/c1-18(2)27-26(29(40)33(13-3-15-35)22-10-6-20(30)7-11-22)32-28(19-4-8-21(31)9-5-19)34(27)14-12-23(36)16-24(37)17-25(38)39/h4-11,18,23-24,35-37H,3,12-17H2,1-2H3,(H,38,39)/t23-,24-/m1/s1. The molecule has 0 aliphatic heterocycles. The Morgan fingerprint density at radius 2 is 1.70 bits per heavy atom. The summed E-state index contributed by atoms with van der Waals surface area (Å²) >= 11 is 6.05. The molecule has 2 atom stereocenters. The van der Waals surface area contributed by atoms with Crippen molar-refractivity contribution in [3.63, 3.8) is 0 Å². The lowest BCUT2D eigenvalue weighted by molar-refractivity contribution is -0.139. The molecule has 216 valence electrons. The molecule has 1 heterocycles. The zero-order valence-electron chi connectivity index (χ0n) is 22.5. The molecule has 0 spiro atoms. The van der Waals surface area contributed by atoms with Crippen molar-refractivity contribution >= 4 is 29.2 Å². The summed E-state index contributed by atoms with van der Waals surface area (Å²) in [5.41, 5.74) is 1.93. The Bertz CT molecular complexity index is 1280. The topological polar surface area (TPSA) is 136 Å². The van der Waals surface area contributed by atoms with Crippen molar-refractivity contribution in [3.05, 3.63) is 70.8 Å². The lowest BCUT2D eigenvalue weighted by Crippen LogP contribution is -2.33.